The van der Waals surface area contributed by atoms with E-state index >= 15 is 0 Å². The van der Waals surface area contributed by atoms with Crippen LogP contribution >= 0.6 is 0 Å². The van der Waals surface area contributed by atoms with E-state index in [1.165, 1.54) is 0 Å². The Bertz CT molecular complexity index is 632. The van der Waals surface area contributed by atoms with Gasteiger partial charge in [0.25, 0.3) is 5.91 Å². The number of hydrogen-bond donors (Lipinski definition) is 1. The Kier molecular flexibility index (Phi) is 4.24. The number of nitrogens with zero attached hydrogens (tertiary/aromatic N) is 2. The highest BCUT2D eigenvalue weighted by Gasteiger charge is 2.25. The summed E-state index contributed by atoms with van der Waals surface area (Å²) in [6.07, 6.45) is 0.974. The molecule has 1 amide bonds. The number of hydrogen-bond acceptors (Lipinski definition) is 4. The Morgan fingerprint density at radius 3 is 2.82 bits per heavy atom. The minimum Gasteiger partial charge on any atom is -0.361 e. The first-order chi connectivity index (χ1) is 10.6. The van der Waals surface area contributed by atoms with Crippen LogP contribution in [-0.4, -0.2) is 35.1 Å². The van der Waals surface area contributed by atoms with Crippen molar-refractivity contribution in [1.29, 1.82) is 0 Å². The molecule has 0 spiro atoms. The lowest BCUT2D eigenvalue weighted by molar-refractivity contribution is 0.0937. The second-order valence-corrected chi connectivity index (χ2v) is 5.86. The third kappa shape index (κ3) is 3.20. The highest BCUT2D eigenvalue weighted by Crippen LogP contribution is 2.19. The van der Waals surface area contributed by atoms with Crippen LogP contribution in [0.5, 0.6) is 0 Å². The molecule has 1 fully saturated rings. The lowest BCUT2D eigenvalue weighted by Crippen LogP contribution is -2.37. The van der Waals surface area contributed by atoms with E-state index in [2.05, 4.69) is 15.4 Å². The molecule has 0 radical (unpaired) electrons. The second kappa shape index (κ2) is 6.32. The number of benzene rings is 1. The molecule has 0 unspecified atom stereocenters. The third-order valence-electron chi connectivity index (χ3n) is 4.21. The van der Waals surface area contributed by atoms with Crippen LogP contribution in [0.1, 0.15) is 33.8 Å². The van der Waals surface area contributed by atoms with E-state index in [4.69, 9.17) is 4.52 Å². The summed E-state index contributed by atoms with van der Waals surface area (Å²) in [5, 5.41) is 7.11. The third-order valence-corrected chi connectivity index (χ3v) is 4.21. The van der Waals surface area contributed by atoms with Gasteiger partial charge in [0.05, 0.1) is 5.69 Å². The standard InChI is InChI=1S/C17H21N3O2/c1-12-16(13(2)22-19-12)11-20-9-8-15(10-20)18-17(21)14-6-4-3-5-7-14/h3-7,15H,8-11H2,1-2H3,(H,18,21)/t15-/m1/s1. The Balaban J connectivity index is 1.55. The molecule has 0 aliphatic carbocycles. The molecule has 2 aromatic rings. The van der Waals surface area contributed by atoms with Gasteiger partial charge in [-0.3, -0.25) is 9.69 Å². The van der Waals surface area contributed by atoms with Gasteiger partial charge >= 0.3 is 0 Å². The van der Waals surface area contributed by atoms with Crippen LogP contribution in [0.25, 0.3) is 0 Å². The number of rotatable bonds is 4. The summed E-state index contributed by atoms with van der Waals surface area (Å²) >= 11 is 0. The summed E-state index contributed by atoms with van der Waals surface area (Å²) in [6, 6.07) is 9.56. The molecule has 5 nitrogen and oxygen atoms in total. The summed E-state index contributed by atoms with van der Waals surface area (Å²) in [5.41, 5.74) is 2.83. The average molecular weight is 299 g/mol. The van der Waals surface area contributed by atoms with Gasteiger partial charge < -0.3 is 9.84 Å². The number of likely N-dealkylation sites (tertiary alicyclic amines) is 1. The smallest absolute Gasteiger partial charge is 0.251 e. The van der Waals surface area contributed by atoms with Crippen LogP contribution in [-0.2, 0) is 6.54 Å². The fraction of sp³-hybridized carbons (Fsp3) is 0.412. The van der Waals surface area contributed by atoms with Gasteiger partial charge in [0, 0.05) is 36.8 Å². The van der Waals surface area contributed by atoms with Gasteiger partial charge in [-0.05, 0) is 32.4 Å². The van der Waals surface area contributed by atoms with Crippen LogP contribution < -0.4 is 5.32 Å². The number of nitrogens with one attached hydrogen (secondary N) is 1. The quantitative estimate of drug-likeness (QED) is 0.941. The van der Waals surface area contributed by atoms with Crippen LogP contribution in [0.4, 0.5) is 0 Å². The predicted molar refractivity (Wildman–Crippen MR) is 83.6 cm³/mol. The summed E-state index contributed by atoms with van der Waals surface area (Å²) in [5.74, 6) is 0.888. The lowest BCUT2D eigenvalue weighted by atomic mass is 10.2. The Morgan fingerprint density at radius 2 is 2.14 bits per heavy atom. The van der Waals surface area contributed by atoms with Crippen molar-refractivity contribution in [3.8, 4) is 0 Å². The van der Waals surface area contributed by atoms with Crippen LogP contribution in [0, 0.1) is 13.8 Å². The van der Waals surface area contributed by atoms with Gasteiger partial charge in [-0.1, -0.05) is 23.4 Å². The normalized spacial score (nSPS) is 18.5. The van der Waals surface area contributed by atoms with Gasteiger partial charge in [0.2, 0.25) is 0 Å². The molecule has 0 bridgehead atoms. The molecule has 1 aliphatic rings. The maximum atomic E-state index is 12.2. The number of aryl methyl sites for hydroxylation is 2. The van der Waals surface area contributed by atoms with Crippen molar-refractivity contribution in [3.05, 3.63) is 52.9 Å². The van der Waals surface area contributed by atoms with Gasteiger partial charge in [0.1, 0.15) is 5.76 Å². The summed E-state index contributed by atoms with van der Waals surface area (Å²) < 4.78 is 5.21. The molecule has 3 rings (SSSR count). The van der Waals surface area contributed by atoms with E-state index in [1.807, 2.05) is 44.2 Å². The van der Waals surface area contributed by atoms with Crippen LogP contribution in [0.3, 0.4) is 0 Å². The summed E-state index contributed by atoms with van der Waals surface area (Å²) in [6.45, 7) is 6.59. The molecule has 1 aliphatic heterocycles. The largest absolute Gasteiger partial charge is 0.361 e. The molecule has 0 saturated carbocycles. The van der Waals surface area contributed by atoms with Crippen molar-refractivity contribution in [2.45, 2.75) is 32.9 Å². The molecular formula is C17H21N3O2. The van der Waals surface area contributed by atoms with Gasteiger partial charge in [0.15, 0.2) is 0 Å². The van der Waals surface area contributed by atoms with Crippen molar-refractivity contribution in [2.75, 3.05) is 13.1 Å². The lowest BCUT2D eigenvalue weighted by Gasteiger charge is -2.16. The first-order valence-corrected chi connectivity index (χ1v) is 7.63. The SMILES string of the molecule is Cc1noc(C)c1CN1CC[C@@H](NC(=O)c2ccccc2)C1. The summed E-state index contributed by atoms with van der Waals surface area (Å²) in [7, 11) is 0. The molecule has 1 aromatic heterocycles. The maximum absolute atomic E-state index is 12.2. The molecule has 5 heteroatoms. The number of amides is 1. The number of carbonyl (C=O) groups excluding carboxylic acids is 1. The van der Waals surface area contributed by atoms with E-state index in [1.54, 1.807) is 0 Å². The van der Waals surface area contributed by atoms with Crippen molar-refractivity contribution < 1.29 is 9.32 Å². The fourth-order valence-electron chi connectivity index (χ4n) is 2.90. The van der Waals surface area contributed by atoms with E-state index in [0.717, 1.165) is 43.1 Å². The Hall–Kier alpha value is -2.14. The van der Waals surface area contributed by atoms with E-state index in [0.29, 0.717) is 5.56 Å². The zero-order valence-electron chi connectivity index (χ0n) is 13.0. The molecular weight excluding hydrogens is 278 g/mol. The molecule has 22 heavy (non-hydrogen) atoms. The van der Waals surface area contributed by atoms with E-state index < -0.39 is 0 Å². The zero-order chi connectivity index (χ0) is 15.5. The van der Waals surface area contributed by atoms with Gasteiger partial charge in [-0.2, -0.15) is 0 Å². The van der Waals surface area contributed by atoms with Gasteiger partial charge in [-0.25, -0.2) is 0 Å². The first-order valence-electron chi connectivity index (χ1n) is 7.63. The molecule has 1 aromatic carbocycles. The van der Waals surface area contributed by atoms with Gasteiger partial charge in [-0.15, -0.1) is 0 Å². The maximum Gasteiger partial charge on any atom is 0.251 e. The average Bonchev–Trinajstić information content (AvgIpc) is 3.10. The van der Waals surface area contributed by atoms with Crippen molar-refractivity contribution in [2.24, 2.45) is 0 Å². The Labute approximate surface area is 130 Å². The molecule has 116 valence electrons. The second-order valence-electron chi connectivity index (χ2n) is 5.86. The van der Waals surface area contributed by atoms with Crippen LogP contribution in [0.2, 0.25) is 0 Å². The van der Waals surface area contributed by atoms with Crippen molar-refractivity contribution in [1.82, 2.24) is 15.4 Å². The molecule has 1 atom stereocenters. The number of carbonyl (C=O) groups is 1. The molecule has 1 N–H and O–H groups in total. The zero-order valence-corrected chi connectivity index (χ0v) is 13.0. The number of aromatic nitrogens is 1. The van der Waals surface area contributed by atoms with Crippen molar-refractivity contribution in [3.63, 3.8) is 0 Å². The molecule has 1 saturated heterocycles. The van der Waals surface area contributed by atoms with E-state index in [-0.39, 0.29) is 11.9 Å². The van der Waals surface area contributed by atoms with Crippen LogP contribution in [0.15, 0.2) is 34.9 Å². The first kappa shape index (κ1) is 14.8. The highest BCUT2D eigenvalue weighted by atomic mass is 16.5. The minimum absolute atomic E-state index is 0.00443. The highest BCUT2D eigenvalue weighted by molar-refractivity contribution is 5.94. The summed E-state index contributed by atoms with van der Waals surface area (Å²) in [4.78, 5) is 14.5. The monoisotopic (exact) mass is 299 g/mol. The Morgan fingerprint density at radius 1 is 1.36 bits per heavy atom. The topological polar surface area (TPSA) is 58.4 Å². The predicted octanol–water partition coefficient (Wildman–Crippen LogP) is 2.30. The fourth-order valence-corrected chi connectivity index (χ4v) is 2.90. The van der Waals surface area contributed by atoms with Crippen molar-refractivity contribution >= 4 is 5.91 Å². The molecule has 2 heterocycles. The van der Waals surface area contributed by atoms with E-state index in [9.17, 15) is 4.79 Å². The minimum atomic E-state index is 0.00443.